The highest BCUT2D eigenvalue weighted by Crippen LogP contribution is 2.21. The van der Waals surface area contributed by atoms with Gasteiger partial charge in [0.1, 0.15) is 0 Å². The monoisotopic (exact) mass is 584 g/mol. The highest BCUT2D eigenvalue weighted by molar-refractivity contribution is 6.05. The molecule has 238 valence electrons. The first-order valence-corrected chi connectivity index (χ1v) is 15.5. The Kier molecular flexibility index (Phi) is 21.6. The predicted molar refractivity (Wildman–Crippen MR) is 168 cm³/mol. The molecule has 7 heteroatoms. The van der Waals surface area contributed by atoms with Crippen molar-refractivity contribution in [1.82, 2.24) is 0 Å². The van der Waals surface area contributed by atoms with Gasteiger partial charge in [-0.3, -0.25) is 0 Å². The first kappa shape index (κ1) is 36.6. The van der Waals surface area contributed by atoms with Crippen LogP contribution in [0.5, 0.6) is 0 Å². The second kappa shape index (κ2) is 24.2. The quantitative estimate of drug-likeness (QED) is 0.106. The van der Waals surface area contributed by atoms with Crippen molar-refractivity contribution < 1.29 is 34.1 Å². The number of carbonyl (C=O) groups is 3. The smallest absolute Gasteiger partial charge is 0.339 e. The van der Waals surface area contributed by atoms with Gasteiger partial charge in [-0.05, 0) is 55.2 Å². The number of hydrogen-bond acceptors (Lipinski definition) is 6. The maximum atomic E-state index is 13.2. The summed E-state index contributed by atoms with van der Waals surface area (Å²) < 4.78 is 27.6. The average Bonchev–Trinajstić information content (AvgIpc) is 3.01. The third kappa shape index (κ3) is 15.4. The van der Waals surface area contributed by atoms with Crippen LogP contribution < -0.4 is 0 Å². The van der Waals surface area contributed by atoms with Gasteiger partial charge in [0.15, 0.2) is 0 Å². The lowest BCUT2D eigenvalue weighted by atomic mass is 10.00. The molecule has 0 aliphatic heterocycles. The third-order valence-electron chi connectivity index (χ3n) is 7.68. The van der Waals surface area contributed by atoms with E-state index in [1.165, 1.54) is 18.2 Å². The van der Waals surface area contributed by atoms with Gasteiger partial charge >= 0.3 is 17.9 Å². The van der Waals surface area contributed by atoms with Crippen molar-refractivity contribution in [2.75, 3.05) is 19.8 Å². The van der Waals surface area contributed by atoms with Crippen LogP contribution in [0.1, 0.15) is 157 Å². The van der Waals surface area contributed by atoms with Crippen molar-refractivity contribution in [3.63, 3.8) is 0 Å². The maximum absolute atomic E-state index is 13.2. The Morgan fingerprint density at radius 3 is 1.39 bits per heavy atom. The molecule has 0 bridgehead atoms. The molecule has 0 amide bonds. The summed E-state index contributed by atoms with van der Waals surface area (Å²) in [5.74, 6) is -0.837. The molecule has 41 heavy (non-hydrogen) atoms. The van der Waals surface area contributed by atoms with Crippen molar-refractivity contribution in [1.29, 1.82) is 2.86 Å². The molecule has 0 radical (unpaired) electrons. The highest BCUT2D eigenvalue weighted by Gasteiger charge is 2.24. The Morgan fingerprint density at radius 1 is 0.659 bits per heavy atom. The second-order valence-electron chi connectivity index (χ2n) is 10.8. The zero-order valence-corrected chi connectivity index (χ0v) is 25.9. The summed E-state index contributed by atoms with van der Waals surface area (Å²) in [4.78, 5) is 39.2. The Labute approximate surface area is 253 Å². The van der Waals surface area contributed by atoms with Gasteiger partial charge in [-0.15, -0.1) is 0 Å². The van der Waals surface area contributed by atoms with Gasteiger partial charge in [0.25, 0.3) is 0 Å². The predicted octanol–water partition coefficient (Wildman–Crippen LogP) is 8.62. The number of esters is 3. The zero-order valence-electron chi connectivity index (χ0n) is 27.9. The van der Waals surface area contributed by atoms with Crippen LogP contribution in [0.3, 0.4) is 0 Å². The van der Waals surface area contributed by atoms with Gasteiger partial charge in [-0.2, -0.15) is 0 Å². The lowest BCUT2D eigenvalue weighted by Gasteiger charge is -2.18. The van der Waals surface area contributed by atoms with E-state index in [2.05, 4.69) is 47.0 Å². The highest BCUT2D eigenvalue weighted by atomic mass is 16.5. The molecular formula is C34H60O7. The minimum absolute atomic E-state index is 0. The van der Waals surface area contributed by atoms with Gasteiger partial charge in [0, 0.05) is 0 Å². The van der Waals surface area contributed by atoms with E-state index < -0.39 is 17.9 Å². The van der Waals surface area contributed by atoms with Crippen LogP contribution in [0.4, 0.5) is 0 Å². The van der Waals surface area contributed by atoms with E-state index in [4.69, 9.17) is 17.1 Å². The molecular weight excluding hydrogens is 520 g/mol. The fourth-order valence-electron chi connectivity index (χ4n) is 4.53. The van der Waals surface area contributed by atoms with Crippen molar-refractivity contribution in [3.05, 3.63) is 34.9 Å². The van der Waals surface area contributed by atoms with Crippen molar-refractivity contribution in [2.24, 2.45) is 17.8 Å². The molecule has 0 aliphatic rings. The Bertz CT molecular complexity index is 878. The van der Waals surface area contributed by atoms with Crippen LogP contribution in [-0.2, 0) is 14.2 Å². The summed E-state index contributed by atoms with van der Waals surface area (Å²) >= 11 is 0. The van der Waals surface area contributed by atoms with Crippen LogP contribution in [0.15, 0.2) is 18.2 Å². The standard InChI is InChI=1S/C33H54O6.CH4.H2O/c1-7-13-16-25(10-4)22-37-31(34)28-19-20-29(32(35)38-23-26(11-5)17-14-8-2)30(21-28)33(36)39-24-27(12-6)18-15-9-3;;/h19-21,25-27H,7-18,22-24H2,1-6H3;1H4;1H2/i/hT2. The molecule has 0 aromatic heterocycles. The summed E-state index contributed by atoms with van der Waals surface area (Å²) in [5, 5.41) is 0. The second-order valence-corrected chi connectivity index (χ2v) is 10.8. The Balaban J connectivity index is 0. The fraction of sp³-hybridized carbons (Fsp3) is 0.735. The number of ether oxygens (including phenoxy) is 3. The minimum atomic E-state index is -0.612. The van der Waals surface area contributed by atoms with E-state index in [1.54, 1.807) is 0 Å². The molecule has 0 aliphatic carbocycles. The van der Waals surface area contributed by atoms with Crippen molar-refractivity contribution in [2.45, 2.75) is 126 Å². The van der Waals surface area contributed by atoms with Gasteiger partial charge in [0.05, 0.1) is 36.5 Å². The fourth-order valence-corrected chi connectivity index (χ4v) is 4.53. The molecule has 1 rings (SSSR count). The van der Waals surface area contributed by atoms with E-state index >= 15 is 0 Å². The minimum Gasteiger partial charge on any atom is -0.462 e. The molecule has 0 saturated heterocycles. The van der Waals surface area contributed by atoms with Crippen LogP contribution in [0.2, 0.25) is 0 Å². The summed E-state index contributed by atoms with van der Waals surface area (Å²) in [6, 6.07) is 4.45. The number of benzene rings is 1. The number of rotatable bonds is 21. The topological polar surface area (TPSA) is 110 Å². The van der Waals surface area contributed by atoms with Gasteiger partial charge in [-0.25, -0.2) is 14.4 Å². The van der Waals surface area contributed by atoms with E-state index in [0.717, 1.165) is 77.0 Å². The van der Waals surface area contributed by atoms with E-state index in [9.17, 15) is 14.4 Å². The molecule has 0 fully saturated rings. The Hall–Kier alpha value is -2.41. The van der Waals surface area contributed by atoms with Crippen LogP contribution in [0, 0.1) is 17.8 Å². The summed E-state index contributed by atoms with van der Waals surface area (Å²) in [5.41, 5.74) is 3.16. The lowest BCUT2D eigenvalue weighted by molar-refractivity contribution is 0.0379. The van der Waals surface area contributed by atoms with E-state index in [0.29, 0.717) is 19.1 Å². The van der Waals surface area contributed by atoms with Crippen LogP contribution >= 0.6 is 0 Å². The molecule has 2 N–H and O–H groups in total. The molecule has 1 aromatic rings. The summed E-state index contributed by atoms with van der Waals surface area (Å²) in [7, 11) is 0. The van der Waals surface area contributed by atoms with Crippen molar-refractivity contribution >= 4 is 17.9 Å². The lowest BCUT2D eigenvalue weighted by Crippen LogP contribution is -2.20. The van der Waals surface area contributed by atoms with E-state index in [1.807, 2.05) is 0 Å². The van der Waals surface area contributed by atoms with Crippen LogP contribution in [0.25, 0.3) is 0 Å². The SMILES string of the molecule is C.CCCCC(CC)COC(=O)c1ccc(C(=O)OCC(CC)CCCC)c(C(=O)OCC(CC)CCCC)c1.[3H]O[3H]. The normalized spacial score (nSPS) is 13.2. The number of carbonyl (C=O) groups excluding carboxylic acids is 3. The maximum Gasteiger partial charge on any atom is 0.339 e. The van der Waals surface area contributed by atoms with Gasteiger partial charge in [-0.1, -0.05) is 107 Å². The summed E-state index contributed by atoms with van der Waals surface area (Å²) in [6.45, 7) is 13.6. The Morgan fingerprint density at radius 2 is 1.02 bits per heavy atom. The van der Waals surface area contributed by atoms with Crippen LogP contribution in [-0.4, -0.2) is 46.1 Å². The largest absolute Gasteiger partial charge is 0.462 e. The number of unbranched alkanes of at least 4 members (excludes halogenated alkanes) is 3. The molecule has 3 atom stereocenters. The van der Waals surface area contributed by atoms with Crippen molar-refractivity contribution in [3.8, 4) is 0 Å². The molecule has 3 unspecified atom stereocenters. The average molecular weight is 585 g/mol. The molecule has 0 spiro atoms. The molecule has 0 saturated carbocycles. The molecule has 1 aromatic carbocycles. The molecule has 0 heterocycles. The number of hydrogen-bond donors (Lipinski definition) is 0. The summed E-state index contributed by atoms with van der Waals surface area (Å²) in [6.07, 6.45) is 12.3. The van der Waals surface area contributed by atoms with Gasteiger partial charge in [0.2, 0.25) is 2.86 Å². The first-order valence-electron chi connectivity index (χ1n) is 16.3. The third-order valence-corrected chi connectivity index (χ3v) is 7.68. The molecule has 7 nitrogen and oxygen atoms in total. The van der Waals surface area contributed by atoms with Gasteiger partial charge < -0.3 is 19.7 Å². The zero-order chi connectivity index (χ0) is 31.8. The first-order chi connectivity index (χ1) is 20.3. The van der Waals surface area contributed by atoms with E-state index in [-0.39, 0.29) is 42.6 Å².